The number of alkyl halides is 3. The van der Waals surface area contributed by atoms with Crippen LogP contribution < -0.4 is 0 Å². The lowest BCUT2D eigenvalue weighted by atomic mass is 10.0. The molecule has 2 fully saturated rings. The fourth-order valence-corrected chi connectivity index (χ4v) is 3.38. The van der Waals surface area contributed by atoms with E-state index in [2.05, 4.69) is 16.9 Å². The van der Waals surface area contributed by atoms with Crippen LogP contribution >= 0.6 is 0 Å². The molecule has 0 aromatic carbocycles. The third-order valence-electron chi connectivity index (χ3n) is 4.67. The van der Waals surface area contributed by atoms with Crippen LogP contribution in [0.1, 0.15) is 12.6 Å². The normalized spacial score (nSPS) is 26.1. The number of likely N-dealkylation sites (tertiary alicyclic amines) is 1. The smallest absolute Gasteiger partial charge is 0.379 e. The Balaban J connectivity index is 1.58. The number of hydrogen-bond donors (Lipinski definition) is 0. The Kier molecular flexibility index (Phi) is 4.82. The fourth-order valence-electron chi connectivity index (χ4n) is 3.38. The molecule has 0 N–H and O–H groups in total. The highest BCUT2D eigenvalue weighted by Gasteiger charge is 2.37. The van der Waals surface area contributed by atoms with E-state index in [9.17, 15) is 18.0 Å². The van der Waals surface area contributed by atoms with Crippen LogP contribution in [0.25, 0.3) is 0 Å². The van der Waals surface area contributed by atoms with Crippen molar-refractivity contribution in [3.63, 3.8) is 0 Å². The minimum atomic E-state index is -4.49. The van der Waals surface area contributed by atoms with Crippen LogP contribution in [0, 0.1) is 5.92 Å². The lowest BCUT2D eigenvalue weighted by Gasteiger charge is -2.33. The van der Waals surface area contributed by atoms with Gasteiger partial charge in [-0.15, -0.1) is 0 Å². The van der Waals surface area contributed by atoms with Crippen molar-refractivity contribution >= 4 is 5.91 Å². The summed E-state index contributed by atoms with van der Waals surface area (Å²) in [7, 11) is 0. The SMILES string of the molecule is CC1CN(C(=O)Cn2ccc(C(F)(F)F)n2)CC1N1CCOCC1. The first kappa shape index (κ1) is 17.2. The minimum absolute atomic E-state index is 0.168. The monoisotopic (exact) mass is 346 g/mol. The van der Waals surface area contributed by atoms with Crippen LogP contribution in [0.2, 0.25) is 0 Å². The van der Waals surface area contributed by atoms with E-state index in [1.54, 1.807) is 4.90 Å². The van der Waals surface area contributed by atoms with Crippen molar-refractivity contribution in [1.82, 2.24) is 19.6 Å². The molecule has 3 rings (SSSR count). The Morgan fingerprint density at radius 1 is 1.33 bits per heavy atom. The van der Waals surface area contributed by atoms with Gasteiger partial charge in [-0.1, -0.05) is 6.92 Å². The van der Waals surface area contributed by atoms with Crippen molar-refractivity contribution in [2.45, 2.75) is 25.7 Å². The molecule has 9 heteroatoms. The second-order valence-electron chi connectivity index (χ2n) is 6.39. The summed E-state index contributed by atoms with van der Waals surface area (Å²) in [6.45, 7) is 6.26. The largest absolute Gasteiger partial charge is 0.435 e. The molecule has 2 saturated heterocycles. The average Bonchev–Trinajstić information content (AvgIpc) is 3.14. The third kappa shape index (κ3) is 3.72. The summed E-state index contributed by atoms with van der Waals surface area (Å²) in [5.74, 6) is 0.129. The topological polar surface area (TPSA) is 50.6 Å². The molecular weight excluding hydrogens is 325 g/mol. The van der Waals surface area contributed by atoms with Gasteiger partial charge in [-0.05, 0) is 12.0 Å². The van der Waals surface area contributed by atoms with Crippen molar-refractivity contribution in [2.24, 2.45) is 5.92 Å². The average molecular weight is 346 g/mol. The van der Waals surface area contributed by atoms with Gasteiger partial charge in [0.15, 0.2) is 5.69 Å². The van der Waals surface area contributed by atoms with Crippen molar-refractivity contribution in [3.05, 3.63) is 18.0 Å². The van der Waals surface area contributed by atoms with Crippen LogP contribution in [-0.2, 0) is 22.3 Å². The number of carbonyl (C=O) groups is 1. The molecule has 0 bridgehead atoms. The van der Waals surface area contributed by atoms with Crippen LogP contribution in [-0.4, -0.2) is 70.9 Å². The van der Waals surface area contributed by atoms with E-state index in [0.29, 0.717) is 32.2 Å². The summed E-state index contributed by atoms with van der Waals surface area (Å²) in [5, 5.41) is 3.44. The van der Waals surface area contributed by atoms with E-state index in [1.807, 2.05) is 0 Å². The number of amides is 1. The van der Waals surface area contributed by atoms with Gasteiger partial charge in [0, 0.05) is 38.4 Å². The van der Waals surface area contributed by atoms with E-state index in [4.69, 9.17) is 4.74 Å². The highest BCUT2D eigenvalue weighted by atomic mass is 19.4. The van der Waals surface area contributed by atoms with Gasteiger partial charge in [0.25, 0.3) is 0 Å². The Labute approximate surface area is 138 Å². The summed E-state index contributed by atoms with van der Waals surface area (Å²) >= 11 is 0. The molecular formula is C15H21F3N4O2. The molecule has 6 nitrogen and oxygen atoms in total. The predicted octanol–water partition coefficient (Wildman–Crippen LogP) is 1.08. The Bertz CT molecular complexity index is 584. The Morgan fingerprint density at radius 2 is 2.04 bits per heavy atom. The maximum absolute atomic E-state index is 12.6. The van der Waals surface area contributed by atoms with Crippen molar-refractivity contribution in [1.29, 1.82) is 0 Å². The number of morpholine rings is 1. The van der Waals surface area contributed by atoms with Gasteiger partial charge in [-0.2, -0.15) is 18.3 Å². The standard InChI is InChI=1S/C15H21F3N4O2/c1-11-8-21(9-12(11)20-4-6-24-7-5-20)14(23)10-22-3-2-13(19-22)15(16,17)18/h2-3,11-12H,4-10H2,1H3. The summed E-state index contributed by atoms with van der Waals surface area (Å²) in [6, 6.07) is 1.16. The fraction of sp³-hybridized carbons (Fsp3) is 0.733. The van der Waals surface area contributed by atoms with Crippen LogP contribution in [0.15, 0.2) is 12.3 Å². The lowest BCUT2D eigenvalue weighted by molar-refractivity contribution is -0.142. The molecule has 2 aliphatic heterocycles. The number of ether oxygens (including phenoxy) is 1. The van der Waals surface area contributed by atoms with Crippen LogP contribution in [0.3, 0.4) is 0 Å². The summed E-state index contributed by atoms with van der Waals surface area (Å²) in [5.41, 5.74) is -0.976. The number of rotatable bonds is 3. The van der Waals surface area contributed by atoms with Gasteiger partial charge in [-0.25, -0.2) is 0 Å². The number of halogens is 3. The quantitative estimate of drug-likeness (QED) is 0.822. The molecule has 1 amide bonds. The predicted molar refractivity (Wildman–Crippen MR) is 79.2 cm³/mol. The van der Waals surface area contributed by atoms with Crippen LogP contribution in [0.4, 0.5) is 13.2 Å². The van der Waals surface area contributed by atoms with E-state index < -0.39 is 11.9 Å². The molecule has 2 unspecified atom stereocenters. The highest BCUT2D eigenvalue weighted by Crippen LogP contribution is 2.27. The Morgan fingerprint density at radius 3 is 2.67 bits per heavy atom. The Hall–Kier alpha value is -1.61. The zero-order valence-electron chi connectivity index (χ0n) is 13.5. The number of hydrogen-bond acceptors (Lipinski definition) is 4. The maximum atomic E-state index is 12.6. The number of nitrogens with zero attached hydrogens (tertiary/aromatic N) is 4. The third-order valence-corrected chi connectivity index (χ3v) is 4.67. The van der Waals surface area contributed by atoms with Gasteiger partial charge in [0.05, 0.1) is 13.2 Å². The first-order chi connectivity index (χ1) is 11.3. The summed E-state index contributed by atoms with van der Waals surface area (Å²) < 4.78 is 44.1. The molecule has 24 heavy (non-hydrogen) atoms. The van der Waals surface area contributed by atoms with Gasteiger partial charge in [-0.3, -0.25) is 14.4 Å². The van der Waals surface area contributed by atoms with Crippen molar-refractivity contribution in [2.75, 3.05) is 39.4 Å². The molecule has 1 aromatic heterocycles. The highest BCUT2D eigenvalue weighted by molar-refractivity contribution is 5.76. The van der Waals surface area contributed by atoms with Crippen molar-refractivity contribution in [3.8, 4) is 0 Å². The maximum Gasteiger partial charge on any atom is 0.435 e. The van der Waals surface area contributed by atoms with E-state index in [1.165, 1.54) is 6.20 Å². The number of carbonyl (C=O) groups excluding carboxylic acids is 1. The van der Waals surface area contributed by atoms with Crippen molar-refractivity contribution < 1.29 is 22.7 Å². The zero-order chi connectivity index (χ0) is 17.3. The molecule has 3 heterocycles. The second-order valence-corrected chi connectivity index (χ2v) is 6.39. The molecule has 2 aliphatic rings. The second kappa shape index (κ2) is 6.72. The van der Waals surface area contributed by atoms with E-state index in [-0.39, 0.29) is 18.5 Å². The van der Waals surface area contributed by atoms with Gasteiger partial charge < -0.3 is 9.64 Å². The molecule has 2 atom stereocenters. The summed E-state index contributed by atoms with van der Waals surface area (Å²) in [6.07, 6.45) is -3.29. The van der Waals surface area contributed by atoms with E-state index in [0.717, 1.165) is 23.8 Å². The molecule has 0 spiro atoms. The van der Waals surface area contributed by atoms with Crippen LogP contribution in [0.5, 0.6) is 0 Å². The van der Waals surface area contributed by atoms with Gasteiger partial charge in [0.2, 0.25) is 5.91 Å². The first-order valence-corrected chi connectivity index (χ1v) is 8.05. The molecule has 134 valence electrons. The molecule has 0 saturated carbocycles. The molecule has 0 radical (unpaired) electrons. The van der Waals surface area contributed by atoms with Gasteiger partial charge in [0.1, 0.15) is 6.54 Å². The lowest BCUT2D eigenvalue weighted by Crippen LogP contribution is -2.47. The zero-order valence-corrected chi connectivity index (χ0v) is 13.5. The first-order valence-electron chi connectivity index (χ1n) is 8.05. The minimum Gasteiger partial charge on any atom is -0.379 e. The molecule has 0 aliphatic carbocycles. The number of aromatic nitrogens is 2. The molecule has 1 aromatic rings. The summed E-state index contributed by atoms with van der Waals surface area (Å²) in [4.78, 5) is 16.4. The van der Waals surface area contributed by atoms with E-state index >= 15 is 0 Å². The van der Waals surface area contributed by atoms with Gasteiger partial charge >= 0.3 is 6.18 Å².